The molecule has 1 aromatic heterocycles. The molecule has 1 rings (SSSR count). The van der Waals surface area contributed by atoms with Crippen LogP contribution in [0.5, 0.6) is 0 Å². The van der Waals surface area contributed by atoms with Gasteiger partial charge in [-0.15, -0.1) is 11.3 Å². The monoisotopic (exact) mass is 385 g/mol. The predicted octanol–water partition coefficient (Wildman–Crippen LogP) is 2.49. The number of thiophene rings is 1. The number of nitrogens with zero attached hydrogens (tertiary/aromatic N) is 1. The van der Waals surface area contributed by atoms with Gasteiger partial charge in [0, 0.05) is 26.8 Å². The van der Waals surface area contributed by atoms with Crippen molar-refractivity contribution in [2.75, 3.05) is 34.0 Å². The molecule has 116 valence electrons. The molecule has 1 atom stereocenters. The Morgan fingerprint density at radius 1 is 1.40 bits per heavy atom. The number of ether oxygens (including phenoxy) is 2. The number of halogens is 1. The first kappa shape index (κ1) is 18.1. The van der Waals surface area contributed by atoms with Gasteiger partial charge in [0.15, 0.2) is 0 Å². The Labute approximate surface area is 133 Å². The van der Waals surface area contributed by atoms with E-state index >= 15 is 0 Å². The van der Waals surface area contributed by atoms with Crippen LogP contribution < -0.4 is 0 Å². The van der Waals surface area contributed by atoms with E-state index in [1.165, 1.54) is 15.6 Å². The minimum absolute atomic E-state index is 0.249. The molecular weight excluding hydrogens is 366 g/mol. The molecule has 0 spiro atoms. The zero-order valence-corrected chi connectivity index (χ0v) is 15.3. The summed E-state index contributed by atoms with van der Waals surface area (Å²) in [6, 6.07) is 1.44. The van der Waals surface area contributed by atoms with Crippen LogP contribution in [0.2, 0.25) is 0 Å². The number of methoxy groups -OCH3 is 2. The molecule has 5 nitrogen and oxygen atoms in total. The summed E-state index contributed by atoms with van der Waals surface area (Å²) in [5, 5.41) is 0. The Balaban J connectivity index is 3.09. The topological polar surface area (TPSA) is 55.8 Å². The number of hydrogen-bond donors (Lipinski definition) is 0. The number of aryl methyl sites for hydroxylation is 1. The van der Waals surface area contributed by atoms with Crippen LogP contribution >= 0.6 is 27.3 Å². The van der Waals surface area contributed by atoms with Crippen LogP contribution in [0.1, 0.15) is 12.5 Å². The summed E-state index contributed by atoms with van der Waals surface area (Å²) in [5.74, 6) is 0. The van der Waals surface area contributed by atoms with Crippen LogP contribution in [-0.2, 0) is 19.5 Å². The Morgan fingerprint density at radius 3 is 2.50 bits per heavy atom. The Bertz CT molecular complexity index is 510. The molecule has 0 radical (unpaired) electrons. The number of hydrogen-bond acceptors (Lipinski definition) is 5. The minimum atomic E-state index is -3.53. The van der Waals surface area contributed by atoms with Gasteiger partial charge in [0.1, 0.15) is 4.21 Å². The molecule has 0 aliphatic rings. The lowest BCUT2D eigenvalue weighted by Crippen LogP contribution is -2.42. The van der Waals surface area contributed by atoms with Crippen molar-refractivity contribution in [3.8, 4) is 0 Å². The third kappa shape index (κ3) is 4.25. The first-order chi connectivity index (χ1) is 9.34. The molecule has 0 bridgehead atoms. The molecule has 0 amide bonds. The molecular formula is C12H20BrNO4S2. The van der Waals surface area contributed by atoms with E-state index in [9.17, 15) is 8.42 Å². The Hall–Kier alpha value is 0.01000. The van der Waals surface area contributed by atoms with Crippen LogP contribution in [0.25, 0.3) is 0 Å². The summed E-state index contributed by atoms with van der Waals surface area (Å²) in [4.78, 5) is 0. The lowest BCUT2D eigenvalue weighted by Gasteiger charge is -2.27. The quantitative estimate of drug-likeness (QED) is 0.689. The van der Waals surface area contributed by atoms with Crippen LogP contribution in [0, 0.1) is 6.92 Å². The molecule has 0 saturated heterocycles. The highest BCUT2D eigenvalue weighted by Crippen LogP contribution is 2.32. The molecule has 1 unspecified atom stereocenters. The second kappa shape index (κ2) is 7.86. The van der Waals surface area contributed by atoms with E-state index in [1.54, 1.807) is 20.3 Å². The van der Waals surface area contributed by atoms with E-state index < -0.39 is 10.0 Å². The molecule has 0 N–H and O–H groups in total. The lowest BCUT2D eigenvalue weighted by atomic mass is 10.3. The van der Waals surface area contributed by atoms with Crippen molar-refractivity contribution in [3.63, 3.8) is 0 Å². The van der Waals surface area contributed by atoms with Crippen molar-refractivity contribution in [1.29, 1.82) is 0 Å². The van der Waals surface area contributed by atoms with Gasteiger partial charge in [0.05, 0.1) is 17.0 Å². The maximum Gasteiger partial charge on any atom is 0.253 e. The Morgan fingerprint density at radius 2 is 2.05 bits per heavy atom. The number of rotatable bonds is 8. The van der Waals surface area contributed by atoms with Crippen molar-refractivity contribution >= 4 is 37.3 Å². The summed E-state index contributed by atoms with van der Waals surface area (Å²) < 4.78 is 38.1. The first-order valence-corrected chi connectivity index (χ1v) is 9.15. The summed E-state index contributed by atoms with van der Waals surface area (Å²) in [6.07, 6.45) is 0. The average Bonchev–Trinajstić information content (AvgIpc) is 2.71. The second-order valence-corrected chi connectivity index (χ2v) is 8.92. The molecule has 20 heavy (non-hydrogen) atoms. The minimum Gasteiger partial charge on any atom is -0.383 e. The van der Waals surface area contributed by atoms with Gasteiger partial charge in [-0.05, 0) is 41.4 Å². The van der Waals surface area contributed by atoms with Gasteiger partial charge in [0.25, 0.3) is 10.0 Å². The van der Waals surface area contributed by atoms with Gasteiger partial charge in [-0.25, -0.2) is 8.42 Å². The van der Waals surface area contributed by atoms with Crippen LogP contribution in [0.4, 0.5) is 0 Å². The van der Waals surface area contributed by atoms with Crippen molar-refractivity contribution in [2.45, 2.75) is 24.1 Å². The van der Waals surface area contributed by atoms with E-state index in [1.807, 2.05) is 13.8 Å². The zero-order chi connectivity index (χ0) is 15.3. The van der Waals surface area contributed by atoms with Gasteiger partial charge in [0.2, 0.25) is 0 Å². The van der Waals surface area contributed by atoms with Crippen LogP contribution in [-0.4, -0.2) is 52.7 Å². The lowest BCUT2D eigenvalue weighted by molar-refractivity contribution is 0.119. The highest BCUT2D eigenvalue weighted by molar-refractivity contribution is 9.11. The Kier molecular flexibility index (Phi) is 7.10. The van der Waals surface area contributed by atoms with Gasteiger partial charge in [-0.2, -0.15) is 4.31 Å². The van der Waals surface area contributed by atoms with E-state index in [0.29, 0.717) is 24.0 Å². The first-order valence-electron chi connectivity index (χ1n) is 6.10. The predicted molar refractivity (Wildman–Crippen MR) is 83.9 cm³/mol. The fourth-order valence-electron chi connectivity index (χ4n) is 1.76. The smallest absolute Gasteiger partial charge is 0.253 e. The molecule has 0 aromatic carbocycles. The maximum absolute atomic E-state index is 12.7. The summed E-state index contributed by atoms with van der Waals surface area (Å²) >= 11 is 4.59. The van der Waals surface area contributed by atoms with Crippen molar-refractivity contribution < 1.29 is 17.9 Å². The van der Waals surface area contributed by atoms with E-state index in [4.69, 9.17) is 9.47 Å². The summed E-state index contributed by atoms with van der Waals surface area (Å²) in [6.45, 7) is 4.69. The highest BCUT2D eigenvalue weighted by atomic mass is 79.9. The van der Waals surface area contributed by atoms with Crippen molar-refractivity contribution in [3.05, 3.63) is 15.4 Å². The summed E-state index contributed by atoms with van der Waals surface area (Å²) in [5.41, 5.74) is 0.916. The molecule has 1 aromatic rings. The van der Waals surface area contributed by atoms with Crippen molar-refractivity contribution in [1.82, 2.24) is 4.31 Å². The zero-order valence-electron chi connectivity index (χ0n) is 12.1. The van der Waals surface area contributed by atoms with Gasteiger partial charge < -0.3 is 9.47 Å². The van der Waals surface area contributed by atoms with Gasteiger partial charge in [-0.3, -0.25) is 0 Å². The van der Waals surface area contributed by atoms with Gasteiger partial charge >= 0.3 is 0 Å². The van der Waals surface area contributed by atoms with Crippen molar-refractivity contribution in [2.24, 2.45) is 0 Å². The third-order valence-corrected chi connectivity index (χ3v) is 7.41. The molecule has 8 heteroatoms. The van der Waals surface area contributed by atoms with E-state index in [0.717, 1.165) is 9.35 Å². The normalized spacial score (nSPS) is 13.9. The highest BCUT2D eigenvalue weighted by Gasteiger charge is 2.30. The molecule has 0 aliphatic heterocycles. The van der Waals surface area contributed by atoms with Crippen LogP contribution in [0.15, 0.2) is 14.1 Å². The van der Waals surface area contributed by atoms with E-state index in [2.05, 4.69) is 15.9 Å². The fraction of sp³-hybridized carbons (Fsp3) is 0.667. The standard InChI is InChI=1S/C12H20BrNO4S2/c1-9-7-11(19-12(9)13)20(15,16)14(5-6-17-3)10(2)8-18-4/h7,10H,5-6,8H2,1-4H3. The SMILES string of the molecule is COCCN(C(C)COC)S(=O)(=O)c1cc(C)c(Br)s1. The second-order valence-electron chi connectivity index (χ2n) is 4.44. The molecule has 1 heterocycles. The number of sulfonamides is 1. The molecule has 0 aliphatic carbocycles. The largest absolute Gasteiger partial charge is 0.383 e. The average molecular weight is 386 g/mol. The van der Waals surface area contributed by atoms with Crippen LogP contribution in [0.3, 0.4) is 0 Å². The molecule has 0 saturated carbocycles. The summed E-state index contributed by atoms with van der Waals surface area (Å²) in [7, 11) is -0.422. The third-order valence-electron chi connectivity index (χ3n) is 2.81. The fourth-order valence-corrected chi connectivity index (χ4v) is 5.71. The molecule has 0 fully saturated rings. The van der Waals surface area contributed by atoms with E-state index in [-0.39, 0.29) is 6.04 Å². The maximum atomic E-state index is 12.7. The van der Waals surface area contributed by atoms with Gasteiger partial charge in [-0.1, -0.05) is 0 Å².